The second-order valence-corrected chi connectivity index (χ2v) is 6.62. The van der Waals surface area contributed by atoms with Gasteiger partial charge in [-0.15, -0.1) is 11.3 Å². The fourth-order valence-electron chi connectivity index (χ4n) is 3.53. The van der Waals surface area contributed by atoms with E-state index in [1.165, 1.54) is 24.2 Å². The average Bonchev–Trinajstić information content (AvgIpc) is 3.06. The molecule has 2 unspecified atom stereocenters. The predicted molar refractivity (Wildman–Crippen MR) is 80.5 cm³/mol. The number of methoxy groups -OCH3 is 1. The molecule has 1 aromatic heterocycles. The lowest BCUT2D eigenvalue weighted by atomic mass is 9.98. The Hall–Kier alpha value is -1.07. The molecule has 0 aromatic carbocycles. The smallest absolute Gasteiger partial charge is 0.264 e. The molecule has 0 spiro atoms. The van der Waals surface area contributed by atoms with Crippen LogP contribution in [0.3, 0.4) is 0 Å². The predicted octanol–water partition coefficient (Wildman–Crippen LogP) is 2.50. The third-order valence-corrected chi connectivity index (χ3v) is 5.41. The number of carbonyl (C=O) groups is 1. The minimum Gasteiger partial charge on any atom is -0.496 e. The number of carbonyl (C=O) groups excluding carboxylic acids is 1. The summed E-state index contributed by atoms with van der Waals surface area (Å²) < 4.78 is 5.18. The van der Waals surface area contributed by atoms with Gasteiger partial charge in [0.15, 0.2) is 0 Å². The van der Waals surface area contributed by atoms with E-state index in [0.29, 0.717) is 18.1 Å². The summed E-state index contributed by atoms with van der Waals surface area (Å²) in [5.74, 6) is 0.937. The molecule has 3 rings (SSSR count). The molecule has 0 radical (unpaired) electrons. The molecule has 1 N–H and O–H groups in total. The van der Waals surface area contributed by atoms with Crippen LogP contribution in [0.1, 0.15) is 42.3 Å². The second kappa shape index (κ2) is 5.74. The van der Waals surface area contributed by atoms with Crippen LogP contribution >= 0.6 is 11.3 Å². The number of fused-ring (bicyclic) bond motifs is 2. The number of nitrogens with one attached hydrogen (secondary N) is 1. The van der Waals surface area contributed by atoms with E-state index in [-0.39, 0.29) is 5.91 Å². The zero-order valence-electron chi connectivity index (χ0n) is 12.1. The molecule has 2 saturated heterocycles. The molecule has 0 aliphatic carbocycles. The molecule has 0 saturated carbocycles. The van der Waals surface area contributed by atoms with E-state index >= 15 is 0 Å². The van der Waals surface area contributed by atoms with Gasteiger partial charge in [0.05, 0.1) is 12.0 Å². The van der Waals surface area contributed by atoms with Gasteiger partial charge in [-0.3, -0.25) is 4.79 Å². The van der Waals surface area contributed by atoms with Gasteiger partial charge in [0.25, 0.3) is 5.91 Å². The fraction of sp³-hybridized carbons (Fsp3) is 0.667. The first-order valence-corrected chi connectivity index (χ1v) is 8.28. The van der Waals surface area contributed by atoms with Gasteiger partial charge in [-0.2, -0.15) is 0 Å². The van der Waals surface area contributed by atoms with Crippen LogP contribution in [0.5, 0.6) is 5.75 Å². The van der Waals surface area contributed by atoms with Crippen molar-refractivity contribution >= 4 is 17.2 Å². The fourth-order valence-corrected chi connectivity index (χ4v) is 4.34. The van der Waals surface area contributed by atoms with Crippen molar-refractivity contribution in [3.8, 4) is 5.75 Å². The molecule has 2 atom stereocenters. The van der Waals surface area contributed by atoms with Crippen LogP contribution in [0.15, 0.2) is 11.4 Å². The van der Waals surface area contributed by atoms with Crippen molar-refractivity contribution in [2.45, 2.75) is 50.7 Å². The van der Waals surface area contributed by atoms with Gasteiger partial charge in [-0.1, -0.05) is 0 Å². The Morgan fingerprint density at radius 2 is 2.15 bits per heavy atom. The van der Waals surface area contributed by atoms with Crippen LogP contribution in [0.4, 0.5) is 0 Å². The Morgan fingerprint density at radius 3 is 2.70 bits per heavy atom. The molecule has 1 aromatic rings. The lowest BCUT2D eigenvalue weighted by molar-refractivity contribution is 0.0636. The van der Waals surface area contributed by atoms with E-state index in [1.807, 2.05) is 11.4 Å². The molecule has 110 valence electrons. The van der Waals surface area contributed by atoms with Crippen LogP contribution in [-0.2, 0) is 0 Å². The third-order valence-electron chi connectivity index (χ3n) is 4.51. The van der Waals surface area contributed by atoms with Crippen molar-refractivity contribution in [3.63, 3.8) is 0 Å². The topological polar surface area (TPSA) is 41.6 Å². The summed E-state index contributed by atoms with van der Waals surface area (Å²) >= 11 is 1.48. The van der Waals surface area contributed by atoms with Crippen LogP contribution in [-0.4, -0.2) is 42.6 Å². The minimum atomic E-state index is 0.159. The molecule has 2 bridgehead atoms. The summed E-state index contributed by atoms with van der Waals surface area (Å²) in [6.45, 7) is 2.86. The number of hydrogen-bond donors (Lipinski definition) is 1. The quantitative estimate of drug-likeness (QED) is 0.927. The summed E-state index contributed by atoms with van der Waals surface area (Å²) in [6.07, 6.45) is 4.72. The Labute approximate surface area is 124 Å². The van der Waals surface area contributed by atoms with Crippen molar-refractivity contribution in [2.75, 3.05) is 13.7 Å². The van der Waals surface area contributed by atoms with Crippen molar-refractivity contribution in [3.05, 3.63) is 16.3 Å². The summed E-state index contributed by atoms with van der Waals surface area (Å²) in [6, 6.07) is 3.46. The average molecular weight is 294 g/mol. The van der Waals surface area contributed by atoms with E-state index in [1.54, 1.807) is 7.11 Å². The Bertz CT molecular complexity index is 476. The number of amides is 1. The molecule has 2 aliphatic rings. The number of rotatable bonds is 4. The van der Waals surface area contributed by atoms with Gasteiger partial charge < -0.3 is 15.0 Å². The molecule has 2 aliphatic heterocycles. The lowest BCUT2D eigenvalue weighted by Crippen LogP contribution is -2.50. The maximum absolute atomic E-state index is 12.7. The summed E-state index contributed by atoms with van der Waals surface area (Å²) in [5, 5.41) is 5.53. The SMILES string of the molecule is CCN(C(=O)c1cc(OC)cs1)C1CC2CCC(C1)N2. The van der Waals surface area contributed by atoms with E-state index in [2.05, 4.69) is 17.1 Å². The number of nitrogens with zero attached hydrogens (tertiary/aromatic N) is 1. The van der Waals surface area contributed by atoms with E-state index in [4.69, 9.17) is 4.74 Å². The molecule has 3 heterocycles. The molecule has 4 nitrogen and oxygen atoms in total. The largest absolute Gasteiger partial charge is 0.496 e. The van der Waals surface area contributed by atoms with Crippen molar-refractivity contribution in [1.29, 1.82) is 0 Å². The highest BCUT2D eigenvalue weighted by Gasteiger charge is 2.37. The number of thiophene rings is 1. The zero-order chi connectivity index (χ0) is 14.1. The van der Waals surface area contributed by atoms with Crippen molar-refractivity contribution < 1.29 is 9.53 Å². The van der Waals surface area contributed by atoms with Gasteiger partial charge in [0.2, 0.25) is 0 Å². The Kier molecular flexibility index (Phi) is 3.98. The number of hydrogen-bond acceptors (Lipinski definition) is 4. The van der Waals surface area contributed by atoms with E-state index < -0.39 is 0 Å². The molecular weight excluding hydrogens is 272 g/mol. The third kappa shape index (κ3) is 2.56. The lowest BCUT2D eigenvalue weighted by Gasteiger charge is -2.37. The molecule has 5 heteroatoms. The maximum atomic E-state index is 12.7. The summed E-state index contributed by atoms with van der Waals surface area (Å²) in [4.78, 5) is 15.5. The van der Waals surface area contributed by atoms with Gasteiger partial charge >= 0.3 is 0 Å². The molecule has 20 heavy (non-hydrogen) atoms. The first-order chi connectivity index (χ1) is 9.71. The van der Waals surface area contributed by atoms with Crippen molar-refractivity contribution in [1.82, 2.24) is 10.2 Å². The summed E-state index contributed by atoms with van der Waals surface area (Å²) in [7, 11) is 1.64. The second-order valence-electron chi connectivity index (χ2n) is 5.71. The van der Waals surface area contributed by atoms with Crippen LogP contribution in [0.2, 0.25) is 0 Å². The summed E-state index contributed by atoms with van der Waals surface area (Å²) in [5.41, 5.74) is 0. The zero-order valence-corrected chi connectivity index (χ0v) is 12.9. The monoisotopic (exact) mass is 294 g/mol. The van der Waals surface area contributed by atoms with Crippen molar-refractivity contribution in [2.24, 2.45) is 0 Å². The maximum Gasteiger partial charge on any atom is 0.264 e. The highest BCUT2D eigenvalue weighted by molar-refractivity contribution is 7.12. The Morgan fingerprint density at radius 1 is 1.45 bits per heavy atom. The van der Waals surface area contributed by atoms with Crippen LogP contribution in [0.25, 0.3) is 0 Å². The van der Waals surface area contributed by atoms with E-state index in [9.17, 15) is 4.79 Å². The highest BCUT2D eigenvalue weighted by Crippen LogP contribution is 2.31. The van der Waals surface area contributed by atoms with Gasteiger partial charge in [0.1, 0.15) is 5.75 Å². The van der Waals surface area contributed by atoms with Gasteiger partial charge in [-0.05, 0) is 32.6 Å². The first-order valence-electron chi connectivity index (χ1n) is 7.40. The van der Waals surface area contributed by atoms with Crippen LogP contribution in [0, 0.1) is 0 Å². The van der Waals surface area contributed by atoms with E-state index in [0.717, 1.165) is 30.0 Å². The number of piperidine rings is 1. The molecule has 2 fully saturated rings. The Balaban J connectivity index is 1.73. The van der Waals surface area contributed by atoms with Crippen LogP contribution < -0.4 is 10.1 Å². The normalized spacial score (nSPS) is 28.4. The number of ether oxygens (including phenoxy) is 1. The molecule has 1 amide bonds. The first kappa shape index (κ1) is 13.9. The van der Waals surface area contributed by atoms with Gasteiger partial charge in [-0.25, -0.2) is 0 Å². The highest BCUT2D eigenvalue weighted by atomic mass is 32.1. The standard InChI is InChI=1S/C15H22N2O2S/c1-3-17(12-6-10-4-5-11(7-12)16-10)15(18)14-8-13(19-2)9-20-14/h8-12,16H,3-7H2,1-2H3. The van der Waals surface area contributed by atoms with Gasteiger partial charge in [0, 0.05) is 36.1 Å². The minimum absolute atomic E-state index is 0.159. The molecular formula is C15H22N2O2S.